The molecule has 0 unspecified atom stereocenters. The Morgan fingerprint density at radius 1 is 1.23 bits per heavy atom. The van der Waals surface area contributed by atoms with Crippen LogP contribution >= 0.6 is 0 Å². The molecule has 3 aromatic heterocycles. The lowest BCUT2D eigenvalue weighted by atomic mass is 9.95. The molecule has 0 spiro atoms. The van der Waals surface area contributed by atoms with Crippen LogP contribution in [-0.2, 0) is 6.54 Å². The van der Waals surface area contributed by atoms with Crippen LogP contribution in [0.1, 0.15) is 56.3 Å². The number of nitrogens with zero attached hydrogens (tertiary/aromatic N) is 5. The van der Waals surface area contributed by atoms with E-state index in [4.69, 9.17) is 4.98 Å². The van der Waals surface area contributed by atoms with Gasteiger partial charge in [-0.2, -0.15) is 14.7 Å². The monoisotopic (exact) mass is 424 g/mol. The van der Waals surface area contributed by atoms with E-state index in [1.54, 1.807) is 0 Å². The Bertz CT molecular complexity index is 1040. The molecule has 1 aliphatic carbocycles. The molecule has 1 saturated carbocycles. The van der Waals surface area contributed by atoms with Crippen molar-refractivity contribution in [2.75, 3.05) is 30.3 Å². The molecular formula is C22H32N8O. The normalized spacial score (nSPS) is 21.7. The Balaban J connectivity index is 1.39. The molecule has 2 atom stereocenters. The summed E-state index contributed by atoms with van der Waals surface area (Å²) in [5.74, 6) is 2.25. The molecule has 4 heterocycles. The third kappa shape index (κ3) is 4.24. The van der Waals surface area contributed by atoms with E-state index < -0.39 is 0 Å². The van der Waals surface area contributed by atoms with Gasteiger partial charge in [-0.3, -0.25) is 4.68 Å². The number of aliphatic hydroxyl groups excluding tert-OH is 1. The quantitative estimate of drug-likeness (QED) is 0.440. The largest absolute Gasteiger partial charge is 0.391 e. The third-order valence-corrected chi connectivity index (χ3v) is 6.35. The second-order valence-electron chi connectivity index (χ2n) is 9.07. The Labute approximate surface area is 182 Å². The zero-order chi connectivity index (χ0) is 21.4. The number of β-amino-alcohol motifs (C(OH)–C–C–N with tert-alkyl or cyclic N) is 1. The van der Waals surface area contributed by atoms with E-state index in [9.17, 15) is 5.11 Å². The molecule has 0 amide bonds. The van der Waals surface area contributed by atoms with Crippen LogP contribution in [0.4, 0.5) is 11.6 Å². The average Bonchev–Trinajstić information content (AvgIpc) is 3.33. The van der Waals surface area contributed by atoms with Gasteiger partial charge in [0.15, 0.2) is 5.65 Å². The van der Waals surface area contributed by atoms with Gasteiger partial charge in [-0.15, -0.1) is 0 Å². The van der Waals surface area contributed by atoms with Crippen LogP contribution in [0.2, 0.25) is 0 Å². The van der Waals surface area contributed by atoms with Crippen molar-refractivity contribution in [2.24, 2.45) is 5.92 Å². The van der Waals surface area contributed by atoms with E-state index in [0.29, 0.717) is 31.6 Å². The van der Waals surface area contributed by atoms with Crippen LogP contribution in [0.3, 0.4) is 0 Å². The standard InChI is InChI=1S/C22H32N8O/c1-14(2)18-12-27-30-21(25-11-17-6-8-26-29(17)16-3-4-16)9-20(28-22(18)30)24-10-15-5-7-23-13-19(15)31/h6,8-9,12,14-16,19,23,25,31H,3-5,7,10-11,13H2,1-2H3,(H,24,28)/t15-,19+/m1/s1. The maximum Gasteiger partial charge on any atom is 0.163 e. The SMILES string of the molecule is CC(C)c1cnn2c(NCc3ccnn3C3CC3)cc(NC[C@H]3CCNC[C@@H]3O)nc12. The molecule has 0 radical (unpaired) electrons. The van der Waals surface area contributed by atoms with Crippen molar-refractivity contribution in [3.63, 3.8) is 0 Å². The van der Waals surface area contributed by atoms with E-state index in [1.807, 2.05) is 23.0 Å². The Hall–Kier alpha value is -2.65. The first-order valence-corrected chi connectivity index (χ1v) is 11.4. The summed E-state index contributed by atoms with van der Waals surface area (Å²) in [7, 11) is 0. The van der Waals surface area contributed by atoms with E-state index in [2.05, 4.69) is 50.7 Å². The minimum atomic E-state index is -0.327. The van der Waals surface area contributed by atoms with Gasteiger partial charge in [-0.1, -0.05) is 13.8 Å². The van der Waals surface area contributed by atoms with Crippen molar-refractivity contribution < 1.29 is 5.11 Å². The van der Waals surface area contributed by atoms with Crippen LogP contribution in [0, 0.1) is 5.92 Å². The Morgan fingerprint density at radius 2 is 2.10 bits per heavy atom. The minimum absolute atomic E-state index is 0.220. The van der Waals surface area contributed by atoms with Crippen molar-refractivity contribution in [2.45, 2.75) is 57.7 Å². The third-order valence-electron chi connectivity index (χ3n) is 6.35. The molecule has 4 N–H and O–H groups in total. The fourth-order valence-electron chi connectivity index (χ4n) is 4.28. The number of hydrogen-bond donors (Lipinski definition) is 4. The van der Waals surface area contributed by atoms with Gasteiger partial charge < -0.3 is 21.1 Å². The molecule has 5 rings (SSSR count). The Morgan fingerprint density at radius 3 is 2.87 bits per heavy atom. The van der Waals surface area contributed by atoms with Crippen LogP contribution < -0.4 is 16.0 Å². The lowest BCUT2D eigenvalue weighted by molar-refractivity contribution is 0.0883. The smallest absolute Gasteiger partial charge is 0.163 e. The summed E-state index contributed by atoms with van der Waals surface area (Å²) >= 11 is 0. The number of aliphatic hydroxyl groups is 1. The van der Waals surface area contributed by atoms with Gasteiger partial charge in [0, 0.05) is 36.8 Å². The first-order chi connectivity index (χ1) is 15.1. The van der Waals surface area contributed by atoms with Crippen LogP contribution in [0.25, 0.3) is 5.65 Å². The summed E-state index contributed by atoms with van der Waals surface area (Å²) in [6, 6.07) is 4.63. The molecule has 3 aromatic rings. The van der Waals surface area contributed by atoms with Crippen LogP contribution in [-0.4, -0.2) is 55.2 Å². The van der Waals surface area contributed by atoms with Crippen molar-refractivity contribution in [3.05, 3.63) is 35.8 Å². The summed E-state index contributed by atoms with van der Waals surface area (Å²) < 4.78 is 4.02. The summed E-state index contributed by atoms with van der Waals surface area (Å²) in [4.78, 5) is 4.86. The first kappa shape index (κ1) is 20.3. The maximum absolute atomic E-state index is 10.3. The van der Waals surface area contributed by atoms with Gasteiger partial charge in [0.25, 0.3) is 0 Å². The second kappa shape index (κ2) is 8.47. The molecule has 1 saturated heterocycles. The zero-order valence-corrected chi connectivity index (χ0v) is 18.3. The van der Waals surface area contributed by atoms with Crippen molar-refractivity contribution in [1.29, 1.82) is 0 Å². The van der Waals surface area contributed by atoms with E-state index in [1.165, 1.54) is 18.5 Å². The van der Waals surface area contributed by atoms with Gasteiger partial charge in [0.2, 0.25) is 0 Å². The highest BCUT2D eigenvalue weighted by Gasteiger charge is 2.26. The molecule has 31 heavy (non-hydrogen) atoms. The minimum Gasteiger partial charge on any atom is -0.391 e. The lowest BCUT2D eigenvalue weighted by Crippen LogP contribution is -2.43. The number of rotatable bonds is 8. The number of anilines is 2. The predicted octanol–water partition coefficient (Wildman–Crippen LogP) is 2.38. The van der Waals surface area contributed by atoms with Gasteiger partial charge in [0.1, 0.15) is 11.6 Å². The Kier molecular flexibility index (Phi) is 5.54. The van der Waals surface area contributed by atoms with Crippen LogP contribution in [0.5, 0.6) is 0 Å². The molecule has 1 aliphatic heterocycles. The fraction of sp³-hybridized carbons (Fsp3) is 0.591. The average molecular weight is 425 g/mol. The highest BCUT2D eigenvalue weighted by Crippen LogP contribution is 2.35. The molecule has 0 aromatic carbocycles. The number of fused-ring (bicyclic) bond motifs is 1. The van der Waals surface area contributed by atoms with E-state index in [-0.39, 0.29) is 12.0 Å². The molecule has 9 nitrogen and oxygen atoms in total. The molecule has 0 bridgehead atoms. The van der Waals surface area contributed by atoms with Crippen molar-refractivity contribution in [3.8, 4) is 0 Å². The zero-order valence-electron chi connectivity index (χ0n) is 18.3. The molecule has 166 valence electrons. The van der Waals surface area contributed by atoms with E-state index >= 15 is 0 Å². The predicted molar refractivity (Wildman–Crippen MR) is 120 cm³/mol. The first-order valence-electron chi connectivity index (χ1n) is 11.4. The number of piperidine rings is 1. The topological polar surface area (TPSA) is 104 Å². The number of nitrogens with one attached hydrogen (secondary N) is 3. The highest BCUT2D eigenvalue weighted by molar-refractivity contribution is 5.61. The van der Waals surface area contributed by atoms with Crippen molar-refractivity contribution >= 4 is 17.3 Å². The maximum atomic E-state index is 10.3. The number of aromatic nitrogens is 5. The summed E-state index contributed by atoms with van der Waals surface area (Å²) in [6.45, 7) is 7.29. The van der Waals surface area contributed by atoms with Gasteiger partial charge in [-0.25, -0.2) is 4.98 Å². The summed E-state index contributed by atoms with van der Waals surface area (Å²) in [5, 5.41) is 29.6. The van der Waals surface area contributed by atoms with Gasteiger partial charge >= 0.3 is 0 Å². The van der Waals surface area contributed by atoms with Crippen molar-refractivity contribution in [1.82, 2.24) is 29.7 Å². The molecule has 9 heteroatoms. The number of hydrogen-bond acceptors (Lipinski definition) is 7. The van der Waals surface area contributed by atoms with Gasteiger partial charge in [-0.05, 0) is 37.8 Å². The van der Waals surface area contributed by atoms with Crippen LogP contribution in [0.15, 0.2) is 24.5 Å². The summed E-state index contributed by atoms with van der Waals surface area (Å²) in [5.41, 5.74) is 3.16. The lowest BCUT2D eigenvalue weighted by Gasteiger charge is -2.28. The highest BCUT2D eigenvalue weighted by atomic mass is 16.3. The summed E-state index contributed by atoms with van der Waals surface area (Å²) in [6.07, 6.45) is 6.83. The fourth-order valence-corrected chi connectivity index (χ4v) is 4.28. The molecule has 2 aliphatic rings. The molecule has 2 fully saturated rings. The second-order valence-corrected chi connectivity index (χ2v) is 9.07. The molecular weight excluding hydrogens is 392 g/mol. The van der Waals surface area contributed by atoms with Gasteiger partial charge in [0.05, 0.1) is 30.6 Å². The van der Waals surface area contributed by atoms with E-state index in [0.717, 1.165) is 35.8 Å².